The summed E-state index contributed by atoms with van der Waals surface area (Å²) >= 11 is 0. The number of benzene rings is 1. The highest BCUT2D eigenvalue weighted by Crippen LogP contribution is 2.41. The minimum atomic E-state index is -0.265. The minimum absolute atomic E-state index is 0.184. The first-order valence-corrected chi connectivity index (χ1v) is 6.55. The van der Waals surface area contributed by atoms with Crippen molar-refractivity contribution in [2.45, 2.75) is 37.8 Å². The summed E-state index contributed by atoms with van der Waals surface area (Å²) in [6.45, 7) is 0.979. The quantitative estimate of drug-likeness (QED) is 0.892. The maximum atomic E-state index is 13.6. The van der Waals surface area contributed by atoms with E-state index >= 15 is 0 Å². The van der Waals surface area contributed by atoms with Crippen molar-refractivity contribution in [2.24, 2.45) is 0 Å². The molecule has 0 spiro atoms. The first-order valence-electron chi connectivity index (χ1n) is 6.55. The maximum absolute atomic E-state index is 13.6. The van der Waals surface area contributed by atoms with E-state index in [4.69, 9.17) is 9.47 Å². The van der Waals surface area contributed by atoms with E-state index in [0.29, 0.717) is 5.75 Å². The molecule has 0 bridgehead atoms. The lowest BCUT2D eigenvalue weighted by molar-refractivity contribution is 0.275. The highest BCUT2D eigenvalue weighted by Gasteiger charge is 2.29. The Bertz CT molecular complexity index is 440. The Hall–Kier alpha value is -1.29. The lowest BCUT2D eigenvalue weighted by Crippen LogP contribution is -2.15. The second-order valence-corrected chi connectivity index (χ2v) is 4.99. The lowest BCUT2D eigenvalue weighted by atomic mass is 10.0. The van der Waals surface area contributed by atoms with Gasteiger partial charge in [0.1, 0.15) is 5.82 Å². The summed E-state index contributed by atoms with van der Waals surface area (Å²) in [7, 11) is 1.56. The van der Waals surface area contributed by atoms with Gasteiger partial charge >= 0.3 is 0 Å². The van der Waals surface area contributed by atoms with Gasteiger partial charge < -0.3 is 14.8 Å². The molecule has 0 radical (unpaired) electrons. The van der Waals surface area contributed by atoms with Crippen molar-refractivity contribution in [3.05, 3.63) is 23.5 Å². The monoisotopic (exact) mass is 251 g/mol. The molecule has 1 saturated heterocycles. The SMILES string of the molecule is COc1cc(F)cc(C2CCCN2)c1OC1CC1. The number of halogens is 1. The van der Waals surface area contributed by atoms with Crippen LogP contribution in [0.2, 0.25) is 0 Å². The number of ether oxygens (including phenoxy) is 2. The molecule has 1 saturated carbocycles. The van der Waals surface area contributed by atoms with Crippen LogP contribution >= 0.6 is 0 Å². The highest BCUT2D eigenvalue weighted by atomic mass is 19.1. The summed E-state index contributed by atoms with van der Waals surface area (Å²) in [6.07, 6.45) is 4.58. The molecule has 1 aliphatic carbocycles. The van der Waals surface area contributed by atoms with Gasteiger partial charge in [0.05, 0.1) is 13.2 Å². The summed E-state index contributed by atoms with van der Waals surface area (Å²) in [6, 6.07) is 3.16. The Kier molecular flexibility index (Phi) is 3.12. The van der Waals surface area contributed by atoms with Gasteiger partial charge in [0, 0.05) is 17.7 Å². The van der Waals surface area contributed by atoms with Crippen LogP contribution in [0.5, 0.6) is 11.5 Å². The van der Waals surface area contributed by atoms with Crippen molar-refractivity contribution in [1.29, 1.82) is 0 Å². The van der Waals surface area contributed by atoms with Crippen molar-refractivity contribution in [3.8, 4) is 11.5 Å². The van der Waals surface area contributed by atoms with E-state index in [9.17, 15) is 4.39 Å². The van der Waals surface area contributed by atoms with Crippen LogP contribution in [0, 0.1) is 5.82 Å². The number of methoxy groups -OCH3 is 1. The van der Waals surface area contributed by atoms with Crippen molar-refractivity contribution in [2.75, 3.05) is 13.7 Å². The Morgan fingerprint density at radius 1 is 1.28 bits per heavy atom. The highest BCUT2D eigenvalue weighted by molar-refractivity contribution is 5.49. The molecule has 3 rings (SSSR count). The molecule has 0 aromatic heterocycles. The summed E-state index contributed by atoms with van der Waals surface area (Å²) in [5.74, 6) is 0.963. The predicted octanol–water partition coefficient (Wildman–Crippen LogP) is 2.80. The standard InChI is InChI=1S/C14H18FNO2/c1-17-13-8-9(15)7-11(12-3-2-6-16-12)14(13)18-10-4-5-10/h7-8,10,12,16H,2-6H2,1H3. The summed E-state index contributed by atoms with van der Waals surface area (Å²) < 4.78 is 24.8. The fourth-order valence-electron chi connectivity index (χ4n) is 2.43. The molecule has 1 aromatic carbocycles. The first kappa shape index (κ1) is 11.8. The summed E-state index contributed by atoms with van der Waals surface area (Å²) in [5.41, 5.74) is 0.899. The fourth-order valence-corrected chi connectivity index (χ4v) is 2.43. The summed E-state index contributed by atoms with van der Waals surface area (Å²) in [4.78, 5) is 0. The first-order chi connectivity index (χ1) is 8.78. The van der Waals surface area contributed by atoms with Gasteiger partial charge in [-0.15, -0.1) is 0 Å². The van der Waals surface area contributed by atoms with Gasteiger partial charge in [-0.25, -0.2) is 4.39 Å². The van der Waals surface area contributed by atoms with Crippen molar-refractivity contribution in [1.82, 2.24) is 5.32 Å². The van der Waals surface area contributed by atoms with Crippen LogP contribution in [0.25, 0.3) is 0 Å². The van der Waals surface area contributed by atoms with Gasteiger partial charge in [0.15, 0.2) is 11.5 Å². The van der Waals surface area contributed by atoms with Crippen molar-refractivity contribution >= 4 is 0 Å². The maximum Gasteiger partial charge on any atom is 0.166 e. The largest absolute Gasteiger partial charge is 0.493 e. The second-order valence-electron chi connectivity index (χ2n) is 4.99. The Labute approximate surface area is 106 Å². The molecule has 4 heteroatoms. The average Bonchev–Trinajstić information content (AvgIpc) is 3.02. The number of nitrogens with one attached hydrogen (secondary N) is 1. The molecule has 1 heterocycles. The number of rotatable bonds is 4. The van der Waals surface area contributed by atoms with E-state index in [-0.39, 0.29) is 18.0 Å². The zero-order chi connectivity index (χ0) is 12.5. The molecular formula is C14H18FNO2. The zero-order valence-corrected chi connectivity index (χ0v) is 10.5. The van der Waals surface area contributed by atoms with E-state index in [1.54, 1.807) is 13.2 Å². The molecule has 1 unspecified atom stereocenters. The molecule has 18 heavy (non-hydrogen) atoms. The van der Waals surface area contributed by atoms with Gasteiger partial charge in [-0.2, -0.15) is 0 Å². The van der Waals surface area contributed by atoms with E-state index in [1.165, 1.54) is 6.07 Å². The fraction of sp³-hybridized carbons (Fsp3) is 0.571. The van der Waals surface area contributed by atoms with Crippen LogP contribution in [0.1, 0.15) is 37.3 Å². The number of hydrogen-bond acceptors (Lipinski definition) is 3. The smallest absolute Gasteiger partial charge is 0.166 e. The van der Waals surface area contributed by atoms with E-state index in [0.717, 1.165) is 43.5 Å². The van der Waals surface area contributed by atoms with Gasteiger partial charge in [0.2, 0.25) is 0 Å². The van der Waals surface area contributed by atoms with Crippen LogP contribution in [-0.4, -0.2) is 19.8 Å². The molecule has 98 valence electrons. The normalized spacial score (nSPS) is 23.1. The van der Waals surface area contributed by atoms with Crippen LogP contribution < -0.4 is 14.8 Å². The average molecular weight is 251 g/mol. The molecule has 1 atom stereocenters. The third-order valence-electron chi connectivity index (χ3n) is 3.51. The summed E-state index contributed by atoms with van der Waals surface area (Å²) in [5, 5.41) is 3.38. The Balaban J connectivity index is 1.98. The van der Waals surface area contributed by atoms with E-state index < -0.39 is 0 Å². The van der Waals surface area contributed by atoms with Gasteiger partial charge in [-0.1, -0.05) is 0 Å². The van der Waals surface area contributed by atoms with Crippen LogP contribution in [0.4, 0.5) is 4.39 Å². The molecule has 3 nitrogen and oxygen atoms in total. The third-order valence-corrected chi connectivity index (χ3v) is 3.51. The molecule has 0 amide bonds. The van der Waals surface area contributed by atoms with Crippen molar-refractivity contribution < 1.29 is 13.9 Å². The molecule has 1 N–H and O–H groups in total. The second kappa shape index (κ2) is 4.76. The van der Waals surface area contributed by atoms with Gasteiger partial charge in [-0.05, 0) is 38.3 Å². The van der Waals surface area contributed by atoms with Crippen molar-refractivity contribution in [3.63, 3.8) is 0 Å². The van der Waals surface area contributed by atoms with E-state index in [1.807, 2.05) is 0 Å². The van der Waals surface area contributed by atoms with Crippen LogP contribution in [0.15, 0.2) is 12.1 Å². The molecule has 2 fully saturated rings. The molecule has 1 aromatic rings. The lowest BCUT2D eigenvalue weighted by Gasteiger charge is -2.19. The van der Waals surface area contributed by atoms with E-state index in [2.05, 4.69) is 5.32 Å². The van der Waals surface area contributed by atoms with Crippen LogP contribution in [0.3, 0.4) is 0 Å². The topological polar surface area (TPSA) is 30.5 Å². The molecule has 1 aliphatic heterocycles. The number of hydrogen-bond donors (Lipinski definition) is 1. The Morgan fingerprint density at radius 2 is 2.11 bits per heavy atom. The predicted molar refractivity (Wildman–Crippen MR) is 66.6 cm³/mol. The molecular weight excluding hydrogens is 233 g/mol. The zero-order valence-electron chi connectivity index (χ0n) is 10.5. The van der Waals surface area contributed by atoms with Crippen LogP contribution in [-0.2, 0) is 0 Å². The molecule has 2 aliphatic rings. The van der Waals surface area contributed by atoms with Gasteiger partial charge in [0.25, 0.3) is 0 Å². The Morgan fingerprint density at radius 3 is 2.72 bits per heavy atom. The van der Waals surface area contributed by atoms with Gasteiger partial charge in [-0.3, -0.25) is 0 Å². The third kappa shape index (κ3) is 2.29. The minimum Gasteiger partial charge on any atom is -0.493 e.